The van der Waals surface area contributed by atoms with Crippen molar-refractivity contribution < 1.29 is 4.79 Å². The third kappa shape index (κ3) is 3.42. The zero-order valence-electron chi connectivity index (χ0n) is 11.1. The fraction of sp³-hybridized carbons (Fsp3) is 0.714. The van der Waals surface area contributed by atoms with Crippen molar-refractivity contribution in [2.45, 2.75) is 45.1 Å². The Morgan fingerprint density at radius 1 is 1.44 bits per heavy atom. The number of hydrogen-bond donors (Lipinski definition) is 2. The predicted molar refractivity (Wildman–Crippen MR) is 73.3 cm³/mol. The minimum atomic E-state index is 0.166. The van der Waals surface area contributed by atoms with Crippen molar-refractivity contribution in [3.8, 4) is 0 Å². The number of aliphatic imine (C=N–C) groups is 1. The average molecular weight is 249 g/mol. The second-order valence-corrected chi connectivity index (χ2v) is 5.46. The predicted octanol–water partition coefficient (Wildman–Crippen LogP) is 1.61. The van der Waals surface area contributed by atoms with Gasteiger partial charge in [-0.3, -0.25) is 9.79 Å². The standard InChI is InChI=1S/C14H23N3O/c1-10(15)11-2-4-12(5-3-11)14(18)17-13-6-8-16-9-7-13/h6,8,10-12H,2-5,7,9,15H2,1H3,(H,17,18)/t10-,11?,12?/m1/s1. The summed E-state index contributed by atoms with van der Waals surface area (Å²) in [6.45, 7) is 2.85. The molecule has 4 heteroatoms. The number of carbonyl (C=O) groups excluding carboxylic acids is 1. The molecule has 1 heterocycles. The van der Waals surface area contributed by atoms with Crippen molar-refractivity contribution in [2.24, 2.45) is 22.6 Å². The van der Waals surface area contributed by atoms with Gasteiger partial charge in [-0.25, -0.2) is 0 Å². The van der Waals surface area contributed by atoms with Crippen LogP contribution in [0.2, 0.25) is 0 Å². The van der Waals surface area contributed by atoms with Gasteiger partial charge < -0.3 is 11.1 Å². The zero-order valence-corrected chi connectivity index (χ0v) is 11.1. The molecule has 0 saturated heterocycles. The Morgan fingerprint density at radius 2 is 2.17 bits per heavy atom. The molecule has 18 heavy (non-hydrogen) atoms. The van der Waals surface area contributed by atoms with Crippen LogP contribution >= 0.6 is 0 Å². The van der Waals surface area contributed by atoms with Gasteiger partial charge in [0, 0.05) is 36.8 Å². The van der Waals surface area contributed by atoms with E-state index < -0.39 is 0 Å². The van der Waals surface area contributed by atoms with E-state index in [1.54, 1.807) is 6.21 Å². The number of amides is 1. The second-order valence-electron chi connectivity index (χ2n) is 5.46. The molecule has 1 fully saturated rings. The van der Waals surface area contributed by atoms with Crippen LogP contribution < -0.4 is 11.1 Å². The third-order valence-electron chi connectivity index (χ3n) is 4.06. The van der Waals surface area contributed by atoms with Gasteiger partial charge in [0.15, 0.2) is 0 Å². The molecule has 100 valence electrons. The van der Waals surface area contributed by atoms with Crippen LogP contribution in [0.5, 0.6) is 0 Å². The maximum absolute atomic E-state index is 12.1. The Bertz CT molecular complexity index is 352. The lowest BCUT2D eigenvalue weighted by atomic mass is 9.79. The summed E-state index contributed by atoms with van der Waals surface area (Å²) in [5.41, 5.74) is 6.92. The zero-order chi connectivity index (χ0) is 13.0. The van der Waals surface area contributed by atoms with Gasteiger partial charge in [0.05, 0.1) is 0 Å². The van der Waals surface area contributed by atoms with Crippen LogP contribution in [-0.2, 0) is 4.79 Å². The normalized spacial score (nSPS) is 29.6. The number of nitrogens with one attached hydrogen (secondary N) is 1. The molecule has 3 N–H and O–H groups in total. The Kier molecular flexibility index (Phi) is 4.53. The number of rotatable bonds is 3. The lowest BCUT2D eigenvalue weighted by Crippen LogP contribution is -2.36. The van der Waals surface area contributed by atoms with Crippen molar-refractivity contribution in [3.05, 3.63) is 11.8 Å². The van der Waals surface area contributed by atoms with Crippen molar-refractivity contribution in [3.63, 3.8) is 0 Å². The Balaban J connectivity index is 1.80. The van der Waals surface area contributed by atoms with Crippen LogP contribution in [0.1, 0.15) is 39.0 Å². The van der Waals surface area contributed by atoms with E-state index in [1.807, 2.05) is 6.08 Å². The van der Waals surface area contributed by atoms with Gasteiger partial charge in [0.1, 0.15) is 0 Å². The first-order chi connectivity index (χ1) is 8.66. The summed E-state index contributed by atoms with van der Waals surface area (Å²) in [6, 6.07) is 0.256. The van der Waals surface area contributed by atoms with Gasteiger partial charge in [-0.2, -0.15) is 0 Å². The van der Waals surface area contributed by atoms with Crippen molar-refractivity contribution >= 4 is 12.1 Å². The smallest absolute Gasteiger partial charge is 0.227 e. The van der Waals surface area contributed by atoms with Crippen LogP contribution in [0.4, 0.5) is 0 Å². The van der Waals surface area contributed by atoms with E-state index in [-0.39, 0.29) is 17.9 Å². The summed E-state index contributed by atoms with van der Waals surface area (Å²) in [4.78, 5) is 16.2. The number of nitrogens with two attached hydrogens (primary N) is 1. The van der Waals surface area contributed by atoms with Gasteiger partial charge in [0.25, 0.3) is 0 Å². The summed E-state index contributed by atoms with van der Waals surface area (Å²) < 4.78 is 0. The summed E-state index contributed by atoms with van der Waals surface area (Å²) in [6.07, 6.45) is 8.61. The monoisotopic (exact) mass is 249 g/mol. The first-order valence-electron chi connectivity index (χ1n) is 6.92. The van der Waals surface area contributed by atoms with Crippen molar-refractivity contribution in [2.75, 3.05) is 6.54 Å². The summed E-state index contributed by atoms with van der Waals surface area (Å²) in [7, 11) is 0. The van der Waals surface area contributed by atoms with Gasteiger partial charge in [0.2, 0.25) is 5.91 Å². The molecular weight excluding hydrogens is 226 g/mol. The second kappa shape index (κ2) is 6.14. The molecule has 0 bridgehead atoms. The summed E-state index contributed by atoms with van der Waals surface area (Å²) in [5.74, 6) is 0.939. The number of hydrogen-bond acceptors (Lipinski definition) is 3. The minimum Gasteiger partial charge on any atom is -0.329 e. The fourth-order valence-corrected chi connectivity index (χ4v) is 2.76. The highest BCUT2D eigenvalue weighted by Crippen LogP contribution is 2.30. The van der Waals surface area contributed by atoms with E-state index in [0.717, 1.165) is 44.3 Å². The van der Waals surface area contributed by atoms with E-state index in [4.69, 9.17) is 5.73 Å². The molecule has 4 nitrogen and oxygen atoms in total. The van der Waals surface area contributed by atoms with E-state index in [9.17, 15) is 4.79 Å². The number of carbonyl (C=O) groups is 1. The molecule has 0 aromatic rings. The highest BCUT2D eigenvalue weighted by molar-refractivity contribution is 5.82. The van der Waals surface area contributed by atoms with Gasteiger partial charge >= 0.3 is 0 Å². The van der Waals surface area contributed by atoms with Crippen LogP contribution in [-0.4, -0.2) is 24.7 Å². The molecule has 0 aromatic carbocycles. The quantitative estimate of drug-likeness (QED) is 0.798. The van der Waals surface area contributed by atoms with Gasteiger partial charge in [-0.1, -0.05) is 0 Å². The molecule has 1 aliphatic carbocycles. The van der Waals surface area contributed by atoms with E-state index in [2.05, 4.69) is 17.2 Å². The number of allylic oxidation sites excluding steroid dienone is 1. The van der Waals surface area contributed by atoms with Crippen molar-refractivity contribution in [1.29, 1.82) is 0 Å². The highest BCUT2D eigenvalue weighted by atomic mass is 16.1. The molecule has 1 saturated carbocycles. The first-order valence-corrected chi connectivity index (χ1v) is 6.92. The maximum Gasteiger partial charge on any atom is 0.227 e. The first kappa shape index (κ1) is 13.3. The van der Waals surface area contributed by atoms with Crippen LogP contribution in [0, 0.1) is 11.8 Å². The summed E-state index contributed by atoms with van der Waals surface area (Å²) >= 11 is 0. The van der Waals surface area contributed by atoms with Crippen LogP contribution in [0.25, 0.3) is 0 Å². The lowest BCUT2D eigenvalue weighted by molar-refractivity contribution is -0.125. The highest BCUT2D eigenvalue weighted by Gasteiger charge is 2.28. The fourth-order valence-electron chi connectivity index (χ4n) is 2.76. The Morgan fingerprint density at radius 3 is 2.72 bits per heavy atom. The topological polar surface area (TPSA) is 67.5 Å². The molecule has 0 radical (unpaired) electrons. The molecule has 0 unspecified atom stereocenters. The lowest BCUT2D eigenvalue weighted by Gasteiger charge is -2.30. The third-order valence-corrected chi connectivity index (χ3v) is 4.06. The number of dihydropyridines is 1. The molecular formula is C14H23N3O. The van der Waals surface area contributed by atoms with Crippen LogP contribution in [0.3, 0.4) is 0 Å². The average Bonchev–Trinajstić information content (AvgIpc) is 2.40. The minimum absolute atomic E-state index is 0.166. The van der Waals surface area contributed by atoms with Crippen LogP contribution in [0.15, 0.2) is 16.8 Å². The van der Waals surface area contributed by atoms with Crippen molar-refractivity contribution in [1.82, 2.24) is 5.32 Å². The SMILES string of the molecule is C[C@@H](N)C1CCC(C(=O)NC2=CC=NCC2)CC1. The molecule has 0 aromatic heterocycles. The molecule has 2 aliphatic rings. The molecule has 1 aliphatic heterocycles. The molecule has 0 spiro atoms. The van der Waals surface area contributed by atoms with Gasteiger partial charge in [-0.15, -0.1) is 0 Å². The Hall–Kier alpha value is -1.16. The van der Waals surface area contributed by atoms with E-state index in [0.29, 0.717) is 5.92 Å². The Labute approximate surface area is 109 Å². The summed E-state index contributed by atoms with van der Waals surface area (Å²) in [5, 5.41) is 3.03. The maximum atomic E-state index is 12.1. The van der Waals surface area contributed by atoms with E-state index in [1.165, 1.54) is 0 Å². The largest absolute Gasteiger partial charge is 0.329 e. The molecule has 1 amide bonds. The van der Waals surface area contributed by atoms with E-state index >= 15 is 0 Å². The van der Waals surface area contributed by atoms with Gasteiger partial charge in [-0.05, 0) is 44.6 Å². The molecule has 2 rings (SSSR count). The number of nitrogens with zero attached hydrogens (tertiary/aromatic N) is 1. The molecule has 1 atom stereocenters.